The SMILES string of the molecule is Fc1ccc(CC2(F)CCCNCC2)c(F)c1. The van der Waals surface area contributed by atoms with E-state index in [2.05, 4.69) is 5.32 Å². The number of alkyl halides is 1. The van der Waals surface area contributed by atoms with Gasteiger partial charge in [-0.3, -0.25) is 0 Å². The van der Waals surface area contributed by atoms with Gasteiger partial charge in [-0.1, -0.05) is 6.07 Å². The summed E-state index contributed by atoms with van der Waals surface area (Å²) in [4.78, 5) is 0. The van der Waals surface area contributed by atoms with Crippen LogP contribution in [0.2, 0.25) is 0 Å². The summed E-state index contributed by atoms with van der Waals surface area (Å²) in [6, 6.07) is 3.33. The molecule has 0 aromatic heterocycles. The lowest BCUT2D eigenvalue weighted by Gasteiger charge is -2.23. The highest BCUT2D eigenvalue weighted by Gasteiger charge is 2.31. The van der Waals surface area contributed by atoms with Crippen molar-refractivity contribution in [3.05, 3.63) is 35.4 Å². The van der Waals surface area contributed by atoms with Crippen molar-refractivity contribution >= 4 is 0 Å². The Morgan fingerprint density at radius 3 is 2.76 bits per heavy atom. The van der Waals surface area contributed by atoms with Gasteiger partial charge in [0.05, 0.1) is 0 Å². The van der Waals surface area contributed by atoms with E-state index >= 15 is 0 Å². The number of benzene rings is 1. The fraction of sp³-hybridized carbons (Fsp3) is 0.538. The van der Waals surface area contributed by atoms with E-state index in [-0.39, 0.29) is 12.0 Å². The van der Waals surface area contributed by atoms with Gasteiger partial charge in [0.1, 0.15) is 17.3 Å². The van der Waals surface area contributed by atoms with Crippen LogP contribution in [0, 0.1) is 11.6 Å². The van der Waals surface area contributed by atoms with E-state index in [9.17, 15) is 13.2 Å². The van der Waals surface area contributed by atoms with Gasteiger partial charge in [-0.25, -0.2) is 13.2 Å². The largest absolute Gasteiger partial charge is 0.317 e. The minimum atomic E-state index is -1.37. The molecule has 0 bridgehead atoms. The second-order valence-corrected chi connectivity index (χ2v) is 4.67. The van der Waals surface area contributed by atoms with Crippen molar-refractivity contribution in [3.63, 3.8) is 0 Å². The minimum absolute atomic E-state index is 0.0286. The van der Waals surface area contributed by atoms with Crippen molar-refractivity contribution in [1.82, 2.24) is 5.32 Å². The molecule has 1 nitrogen and oxygen atoms in total. The second-order valence-electron chi connectivity index (χ2n) is 4.67. The molecule has 2 rings (SSSR count). The maximum atomic E-state index is 14.5. The first-order chi connectivity index (χ1) is 8.09. The van der Waals surface area contributed by atoms with Gasteiger partial charge in [-0.05, 0) is 44.0 Å². The van der Waals surface area contributed by atoms with Crippen LogP contribution in [0.5, 0.6) is 0 Å². The molecule has 94 valence electrons. The van der Waals surface area contributed by atoms with Crippen LogP contribution in [0.25, 0.3) is 0 Å². The van der Waals surface area contributed by atoms with Crippen LogP contribution >= 0.6 is 0 Å². The molecule has 1 N–H and O–H groups in total. The summed E-state index contributed by atoms with van der Waals surface area (Å²) in [5, 5.41) is 3.12. The molecule has 1 aliphatic heterocycles. The van der Waals surface area contributed by atoms with Crippen molar-refractivity contribution in [3.8, 4) is 0 Å². The maximum absolute atomic E-state index is 14.5. The van der Waals surface area contributed by atoms with Gasteiger partial charge in [0.2, 0.25) is 0 Å². The quantitative estimate of drug-likeness (QED) is 0.842. The lowest BCUT2D eigenvalue weighted by Crippen LogP contribution is -2.28. The van der Waals surface area contributed by atoms with Gasteiger partial charge in [0.15, 0.2) is 0 Å². The van der Waals surface area contributed by atoms with E-state index in [1.54, 1.807) is 0 Å². The van der Waals surface area contributed by atoms with Crippen molar-refractivity contribution in [2.24, 2.45) is 0 Å². The predicted octanol–water partition coefficient (Wildman–Crippen LogP) is 2.99. The number of rotatable bonds is 2. The summed E-state index contributed by atoms with van der Waals surface area (Å²) >= 11 is 0. The summed E-state index contributed by atoms with van der Waals surface area (Å²) in [6.45, 7) is 1.41. The van der Waals surface area contributed by atoms with Crippen LogP contribution < -0.4 is 5.32 Å². The molecule has 1 aromatic carbocycles. The molecule has 0 amide bonds. The summed E-state index contributed by atoms with van der Waals surface area (Å²) in [6.07, 6.45) is 1.58. The zero-order valence-electron chi connectivity index (χ0n) is 9.61. The van der Waals surface area contributed by atoms with Gasteiger partial charge in [-0.2, -0.15) is 0 Å². The number of hydrogen-bond acceptors (Lipinski definition) is 1. The minimum Gasteiger partial charge on any atom is -0.317 e. The Morgan fingerprint density at radius 1 is 1.18 bits per heavy atom. The molecule has 1 heterocycles. The first-order valence-corrected chi connectivity index (χ1v) is 5.93. The Bertz CT molecular complexity index is 384. The van der Waals surface area contributed by atoms with E-state index in [1.807, 2.05) is 0 Å². The van der Waals surface area contributed by atoms with Crippen LogP contribution in [0.15, 0.2) is 18.2 Å². The molecule has 4 heteroatoms. The van der Waals surface area contributed by atoms with Crippen LogP contribution in [-0.2, 0) is 6.42 Å². The molecule has 0 saturated carbocycles. The van der Waals surface area contributed by atoms with Gasteiger partial charge in [-0.15, -0.1) is 0 Å². The number of nitrogens with one attached hydrogen (secondary N) is 1. The molecule has 1 aromatic rings. The van der Waals surface area contributed by atoms with Gasteiger partial charge < -0.3 is 5.32 Å². The molecule has 0 spiro atoms. The van der Waals surface area contributed by atoms with Gasteiger partial charge in [0, 0.05) is 12.5 Å². The molecule has 1 fully saturated rings. The van der Waals surface area contributed by atoms with Gasteiger partial charge in [0.25, 0.3) is 0 Å². The van der Waals surface area contributed by atoms with Crippen molar-refractivity contribution < 1.29 is 13.2 Å². The Kier molecular flexibility index (Phi) is 3.72. The fourth-order valence-electron chi connectivity index (χ4n) is 2.28. The van der Waals surface area contributed by atoms with E-state index in [1.165, 1.54) is 12.1 Å². The summed E-state index contributed by atoms with van der Waals surface area (Å²) < 4.78 is 40.7. The molecule has 1 unspecified atom stereocenters. The molecular weight excluding hydrogens is 227 g/mol. The van der Waals surface area contributed by atoms with E-state index in [4.69, 9.17) is 0 Å². The van der Waals surface area contributed by atoms with Crippen molar-refractivity contribution in [2.75, 3.05) is 13.1 Å². The smallest absolute Gasteiger partial charge is 0.129 e. The second kappa shape index (κ2) is 5.08. The van der Waals surface area contributed by atoms with E-state index < -0.39 is 17.3 Å². The van der Waals surface area contributed by atoms with Gasteiger partial charge >= 0.3 is 0 Å². The molecule has 0 aliphatic carbocycles. The Balaban J connectivity index is 2.12. The topological polar surface area (TPSA) is 12.0 Å². The average Bonchev–Trinajstić information content (AvgIpc) is 2.48. The predicted molar refractivity (Wildman–Crippen MR) is 60.6 cm³/mol. The number of halogens is 3. The van der Waals surface area contributed by atoms with Crippen LogP contribution in [-0.4, -0.2) is 18.8 Å². The van der Waals surface area contributed by atoms with Crippen LogP contribution in [0.1, 0.15) is 24.8 Å². The molecule has 17 heavy (non-hydrogen) atoms. The van der Waals surface area contributed by atoms with E-state index in [0.717, 1.165) is 19.0 Å². The lowest BCUT2D eigenvalue weighted by atomic mass is 9.89. The van der Waals surface area contributed by atoms with Crippen molar-refractivity contribution in [1.29, 1.82) is 0 Å². The zero-order valence-corrected chi connectivity index (χ0v) is 9.61. The Hall–Kier alpha value is -1.03. The molecule has 1 aliphatic rings. The summed E-state index contributed by atoms with van der Waals surface area (Å²) in [5.41, 5.74) is -1.11. The zero-order chi connectivity index (χ0) is 12.3. The highest BCUT2D eigenvalue weighted by atomic mass is 19.1. The fourth-order valence-corrected chi connectivity index (χ4v) is 2.28. The molecule has 0 radical (unpaired) electrons. The Morgan fingerprint density at radius 2 is 2.00 bits per heavy atom. The van der Waals surface area contributed by atoms with Crippen LogP contribution in [0.4, 0.5) is 13.2 Å². The standard InChI is InChI=1S/C13H16F3N/c14-11-3-2-10(12(15)8-11)9-13(16)4-1-6-17-7-5-13/h2-3,8,17H,1,4-7,9H2. The monoisotopic (exact) mass is 243 g/mol. The Labute approximate surface area is 99.0 Å². The third-order valence-corrected chi connectivity index (χ3v) is 3.25. The van der Waals surface area contributed by atoms with E-state index in [0.29, 0.717) is 19.4 Å². The van der Waals surface area contributed by atoms with Crippen LogP contribution in [0.3, 0.4) is 0 Å². The summed E-state index contributed by atoms with van der Waals surface area (Å²) in [7, 11) is 0. The normalized spacial score (nSPS) is 25.6. The summed E-state index contributed by atoms with van der Waals surface area (Å²) in [5.74, 6) is -1.28. The molecular formula is C13H16F3N. The number of hydrogen-bond donors (Lipinski definition) is 1. The average molecular weight is 243 g/mol. The highest BCUT2D eigenvalue weighted by molar-refractivity contribution is 5.20. The third kappa shape index (κ3) is 3.22. The molecule has 1 atom stereocenters. The third-order valence-electron chi connectivity index (χ3n) is 3.25. The lowest BCUT2D eigenvalue weighted by molar-refractivity contribution is 0.143. The highest BCUT2D eigenvalue weighted by Crippen LogP contribution is 2.29. The van der Waals surface area contributed by atoms with Crippen molar-refractivity contribution in [2.45, 2.75) is 31.4 Å². The first-order valence-electron chi connectivity index (χ1n) is 5.93. The molecule has 1 saturated heterocycles. The maximum Gasteiger partial charge on any atom is 0.129 e. The first kappa shape index (κ1) is 12.4.